The molecule has 11 aromatic carbocycles. The Balaban J connectivity index is 0.895. The summed E-state index contributed by atoms with van der Waals surface area (Å²) in [6, 6.07) is 93.3. The lowest BCUT2D eigenvalue weighted by Gasteiger charge is -2.39. The van der Waals surface area contributed by atoms with Gasteiger partial charge in [-0.05, 0) is 242 Å². The Morgan fingerprint density at radius 1 is 0.340 bits per heavy atom. The van der Waals surface area contributed by atoms with E-state index in [0.29, 0.717) is 36.9 Å². The minimum absolute atomic E-state index is 0.0196. The number of hydrogen-bond acceptors (Lipinski definition) is 4. The molecule has 5 unspecified atom stereocenters. The Kier molecular flexibility index (Phi) is 20.8. The van der Waals surface area contributed by atoms with Crippen molar-refractivity contribution in [3.8, 4) is 44.9 Å². The number of rotatable bonds is 25. The van der Waals surface area contributed by atoms with Crippen LogP contribution in [0, 0.1) is 37.5 Å². The fourth-order valence-corrected chi connectivity index (χ4v) is 16.2. The molecular formula is C99H110N2O2. The summed E-state index contributed by atoms with van der Waals surface area (Å²) in [5, 5.41) is 0. The van der Waals surface area contributed by atoms with Crippen LogP contribution >= 0.6 is 0 Å². The van der Waals surface area contributed by atoms with Crippen molar-refractivity contribution in [2.45, 2.75) is 177 Å². The van der Waals surface area contributed by atoms with Gasteiger partial charge in [0, 0.05) is 39.5 Å². The Morgan fingerprint density at radius 2 is 0.728 bits per heavy atom. The normalized spacial score (nSPS) is 16.4. The zero-order chi connectivity index (χ0) is 72.5. The summed E-state index contributed by atoms with van der Waals surface area (Å²) in [5.41, 5.74) is 29.3. The van der Waals surface area contributed by atoms with Crippen LogP contribution in [0.15, 0.2) is 243 Å². The lowest BCUT2D eigenvalue weighted by atomic mass is 9.63. The van der Waals surface area contributed by atoms with E-state index in [1.165, 1.54) is 100 Å². The highest BCUT2D eigenvalue weighted by Gasteiger charge is 2.50. The first kappa shape index (κ1) is 72.0. The second-order valence-electron chi connectivity index (χ2n) is 32.8. The monoisotopic (exact) mass is 1360 g/mol. The van der Waals surface area contributed by atoms with Crippen LogP contribution in [-0.2, 0) is 28.1 Å². The summed E-state index contributed by atoms with van der Waals surface area (Å²) in [5.74, 6) is 3.50. The quantitative estimate of drug-likeness (QED) is 0.0569. The third-order valence-electron chi connectivity index (χ3n) is 23.1. The van der Waals surface area contributed by atoms with Gasteiger partial charge in [-0.25, -0.2) is 0 Å². The molecule has 0 fully saturated rings. The topological polar surface area (TPSA) is 24.9 Å². The van der Waals surface area contributed by atoms with Crippen molar-refractivity contribution in [3.05, 3.63) is 309 Å². The molecule has 0 radical (unpaired) electrons. The lowest BCUT2D eigenvalue weighted by molar-refractivity contribution is 0.217. The molecule has 11 aromatic rings. The number of aryl methyl sites for hydroxylation is 2. The van der Waals surface area contributed by atoms with Crippen molar-refractivity contribution in [1.82, 2.24) is 0 Å². The molecule has 0 bridgehead atoms. The van der Waals surface area contributed by atoms with Gasteiger partial charge in [-0.1, -0.05) is 291 Å². The maximum atomic E-state index is 7.04. The van der Waals surface area contributed by atoms with Crippen molar-refractivity contribution in [2.24, 2.45) is 23.7 Å². The summed E-state index contributed by atoms with van der Waals surface area (Å²) in [6.07, 6.45) is 7.32. The molecule has 2 aliphatic rings. The van der Waals surface area contributed by atoms with E-state index in [1.54, 1.807) is 0 Å². The Hall–Kier alpha value is -9.38. The van der Waals surface area contributed by atoms with E-state index in [4.69, 9.17) is 9.47 Å². The van der Waals surface area contributed by atoms with Gasteiger partial charge in [0.05, 0.1) is 18.6 Å². The minimum atomic E-state index is -0.715. The molecule has 0 N–H and O–H groups in total. The van der Waals surface area contributed by atoms with E-state index in [9.17, 15) is 0 Å². The molecule has 0 saturated carbocycles. The zero-order valence-electron chi connectivity index (χ0n) is 64.5. The van der Waals surface area contributed by atoms with Crippen molar-refractivity contribution in [1.29, 1.82) is 0 Å². The fraction of sp³-hybridized carbons (Fsp3) is 0.333. The fourth-order valence-electron chi connectivity index (χ4n) is 16.2. The van der Waals surface area contributed by atoms with Gasteiger partial charge in [0.1, 0.15) is 0 Å². The van der Waals surface area contributed by atoms with E-state index in [0.717, 1.165) is 90.6 Å². The van der Waals surface area contributed by atoms with E-state index in [-0.39, 0.29) is 16.2 Å². The molecule has 528 valence electrons. The van der Waals surface area contributed by atoms with Gasteiger partial charge in [-0.2, -0.15) is 0 Å². The molecule has 103 heavy (non-hydrogen) atoms. The third-order valence-corrected chi connectivity index (χ3v) is 23.1. The van der Waals surface area contributed by atoms with Gasteiger partial charge in [-0.15, -0.1) is 0 Å². The van der Waals surface area contributed by atoms with E-state index in [1.807, 2.05) is 0 Å². The van der Waals surface area contributed by atoms with Crippen LogP contribution in [0.5, 0.6) is 11.5 Å². The summed E-state index contributed by atoms with van der Waals surface area (Å²) in [4.78, 5) is 4.77. The first-order valence-electron chi connectivity index (χ1n) is 38.6. The number of ether oxygens (including phenoxy) is 2. The predicted octanol–water partition coefficient (Wildman–Crippen LogP) is 27.4. The predicted molar refractivity (Wildman–Crippen MR) is 439 cm³/mol. The van der Waals surface area contributed by atoms with Crippen molar-refractivity contribution in [3.63, 3.8) is 0 Å². The average Bonchev–Trinajstić information content (AvgIpc) is 1.53. The molecule has 0 aromatic heterocycles. The molecule has 4 heteroatoms. The first-order valence-corrected chi connectivity index (χ1v) is 38.6. The number of nitrogens with zero attached hydrogens (tertiary/aromatic N) is 2. The minimum Gasteiger partial charge on any atom is -0.489 e. The van der Waals surface area contributed by atoms with Crippen molar-refractivity contribution < 1.29 is 9.47 Å². The maximum absolute atomic E-state index is 7.04. The molecule has 13 rings (SSSR count). The molecule has 5 atom stereocenters. The molecule has 0 spiro atoms. The van der Waals surface area contributed by atoms with Crippen LogP contribution in [0.2, 0.25) is 0 Å². The first-order chi connectivity index (χ1) is 49.5. The Labute approximate surface area is 618 Å². The number of benzene rings is 11. The average molecular weight is 1360 g/mol. The SMILES string of the molecule is CCC(C)COc1ccc(C2(c3ccc4c(c3)C(CC(C)CC)(CC(C)CC)c3ccccc3-4)c3cc(C)ccc3-c3ccc(Cc4ccc(N(c5ccc(-c6ccc(N(c7ccc(C)cc7)c7ccc(C(C)(C)C)cc7)cc6)cc5)c5ccc(C(C)(C)C)cc5)cc4)cc32)cc1OCC(C)CC. The Morgan fingerprint density at radius 3 is 1.23 bits per heavy atom. The van der Waals surface area contributed by atoms with E-state index < -0.39 is 5.41 Å². The second-order valence-corrected chi connectivity index (χ2v) is 32.8. The van der Waals surface area contributed by atoms with Gasteiger partial charge in [0.25, 0.3) is 0 Å². The van der Waals surface area contributed by atoms with Crippen LogP contribution in [0.4, 0.5) is 34.1 Å². The summed E-state index contributed by atoms with van der Waals surface area (Å²) in [7, 11) is 0. The van der Waals surface area contributed by atoms with Gasteiger partial charge in [0.2, 0.25) is 0 Å². The largest absolute Gasteiger partial charge is 0.489 e. The highest BCUT2D eigenvalue weighted by Crippen LogP contribution is 2.61. The summed E-state index contributed by atoms with van der Waals surface area (Å²) < 4.78 is 13.8. The number of anilines is 6. The van der Waals surface area contributed by atoms with Gasteiger partial charge < -0.3 is 19.3 Å². The molecule has 0 amide bonds. The summed E-state index contributed by atoms with van der Waals surface area (Å²) in [6.45, 7) is 38.1. The smallest absolute Gasteiger partial charge is 0.161 e. The number of hydrogen-bond donors (Lipinski definition) is 0. The molecule has 2 aliphatic carbocycles. The molecular weight excluding hydrogens is 1250 g/mol. The van der Waals surface area contributed by atoms with Crippen molar-refractivity contribution in [2.75, 3.05) is 23.0 Å². The molecule has 4 nitrogen and oxygen atoms in total. The van der Waals surface area contributed by atoms with Crippen LogP contribution < -0.4 is 19.3 Å². The zero-order valence-corrected chi connectivity index (χ0v) is 64.5. The van der Waals surface area contributed by atoms with Crippen LogP contribution in [0.1, 0.15) is 202 Å². The second kappa shape index (κ2) is 29.8. The summed E-state index contributed by atoms with van der Waals surface area (Å²) >= 11 is 0. The van der Waals surface area contributed by atoms with Crippen LogP contribution in [0.3, 0.4) is 0 Å². The molecule has 0 aliphatic heterocycles. The van der Waals surface area contributed by atoms with Gasteiger partial charge in [-0.3, -0.25) is 0 Å². The number of fused-ring (bicyclic) bond motifs is 6. The molecule has 0 saturated heterocycles. The van der Waals surface area contributed by atoms with Crippen molar-refractivity contribution >= 4 is 34.1 Å². The third kappa shape index (κ3) is 14.4. The lowest BCUT2D eigenvalue weighted by Crippen LogP contribution is -2.32. The molecule has 0 heterocycles. The highest BCUT2D eigenvalue weighted by molar-refractivity contribution is 5.89. The van der Waals surface area contributed by atoms with Gasteiger partial charge >= 0.3 is 0 Å². The maximum Gasteiger partial charge on any atom is 0.161 e. The standard InChI is InChI=1S/C99H110N2O2/c1-17-66(5)62-98(63-67(6)18-2)90-24-22-21-23-86(90)87-55-39-78(60-91(87)98)99(79-40-56-94(102-64-68(7)19-3)95(61-79)103-65-69(8)20-4)92-57-71(10)27-53-88(92)89-54-30-73(59-93(89)99)58-72-28-43-81(44-29-72)101(85-51-37-77(38-52-85)97(14,15)16)83-47-33-75(34-48-83)74-31-45-82(46-32-74)100(80-41-25-70(9)26-42-80)84-49-35-76(36-50-84)96(11,12)13/h21-57,59-61,66-69H,17-20,58,62-65H2,1-16H3. The highest BCUT2D eigenvalue weighted by atomic mass is 16.5. The Bertz CT molecular complexity index is 4730. The van der Waals surface area contributed by atoms with Gasteiger partial charge in [0.15, 0.2) is 11.5 Å². The van der Waals surface area contributed by atoms with E-state index in [2.05, 4.69) is 363 Å². The van der Waals surface area contributed by atoms with E-state index >= 15 is 0 Å². The van der Waals surface area contributed by atoms with Crippen LogP contribution in [0.25, 0.3) is 33.4 Å². The van der Waals surface area contributed by atoms with Crippen LogP contribution in [-0.4, -0.2) is 13.2 Å².